The fourth-order valence-corrected chi connectivity index (χ4v) is 1.99. The molecule has 3 nitrogen and oxygen atoms in total. The van der Waals surface area contributed by atoms with Gasteiger partial charge in [-0.2, -0.15) is 0 Å². The molecule has 0 aromatic heterocycles. The van der Waals surface area contributed by atoms with E-state index in [0.717, 1.165) is 11.1 Å². The molecule has 3 heteroatoms. The van der Waals surface area contributed by atoms with Crippen LogP contribution in [-0.2, 0) is 0 Å². The zero-order valence-electron chi connectivity index (χ0n) is 12.0. The van der Waals surface area contributed by atoms with Gasteiger partial charge < -0.3 is 11.1 Å². The average Bonchev–Trinajstić information content (AvgIpc) is 2.54. The number of nitrogens with one attached hydrogen (secondary N) is 1. The van der Waals surface area contributed by atoms with Gasteiger partial charge in [0.25, 0.3) is 5.91 Å². The number of hydrogen-bond donors (Lipinski definition) is 2. The molecule has 2 rings (SSSR count). The van der Waals surface area contributed by atoms with E-state index in [1.807, 2.05) is 49.4 Å². The van der Waals surface area contributed by atoms with Crippen LogP contribution in [0.4, 0.5) is 0 Å². The molecule has 0 saturated carbocycles. The largest absolute Gasteiger partial charge is 0.346 e. The molecule has 0 radical (unpaired) electrons. The topological polar surface area (TPSA) is 55.1 Å². The summed E-state index contributed by atoms with van der Waals surface area (Å²) in [6, 6.07) is 16.9. The van der Waals surface area contributed by atoms with Crippen LogP contribution in [0.3, 0.4) is 0 Å². The molecular formula is C18H18N2O. The minimum Gasteiger partial charge on any atom is -0.346 e. The van der Waals surface area contributed by atoms with Crippen LogP contribution in [0.5, 0.6) is 0 Å². The first-order valence-corrected chi connectivity index (χ1v) is 6.85. The van der Waals surface area contributed by atoms with Crippen molar-refractivity contribution in [3.8, 4) is 11.8 Å². The predicted molar refractivity (Wildman–Crippen MR) is 84.7 cm³/mol. The highest BCUT2D eigenvalue weighted by molar-refractivity contribution is 5.94. The zero-order chi connectivity index (χ0) is 15.1. The van der Waals surface area contributed by atoms with Gasteiger partial charge in [-0.3, -0.25) is 4.79 Å². The van der Waals surface area contributed by atoms with Crippen molar-refractivity contribution in [1.82, 2.24) is 5.32 Å². The molecule has 0 spiro atoms. The van der Waals surface area contributed by atoms with E-state index < -0.39 is 0 Å². The molecule has 0 saturated heterocycles. The van der Waals surface area contributed by atoms with Crippen molar-refractivity contribution in [1.29, 1.82) is 0 Å². The second kappa shape index (κ2) is 7.28. The molecule has 0 heterocycles. The molecular weight excluding hydrogens is 260 g/mol. The molecule has 1 unspecified atom stereocenters. The van der Waals surface area contributed by atoms with E-state index in [1.165, 1.54) is 0 Å². The van der Waals surface area contributed by atoms with Gasteiger partial charge in [-0.15, -0.1) is 0 Å². The van der Waals surface area contributed by atoms with Crippen molar-refractivity contribution in [2.24, 2.45) is 5.73 Å². The number of hydrogen-bond acceptors (Lipinski definition) is 2. The van der Waals surface area contributed by atoms with E-state index in [2.05, 4.69) is 17.2 Å². The normalized spacial score (nSPS) is 11.1. The minimum atomic E-state index is -0.0858. The van der Waals surface area contributed by atoms with E-state index in [0.29, 0.717) is 12.1 Å². The van der Waals surface area contributed by atoms with E-state index in [1.54, 1.807) is 12.1 Å². The number of carbonyl (C=O) groups is 1. The van der Waals surface area contributed by atoms with Gasteiger partial charge in [0.1, 0.15) is 0 Å². The predicted octanol–water partition coefficient (Wildman–Crippen LogP) is 2.49. The van der Waals surface area contributed by atoms with Crippen LogP contribution in [0, 0.1) is 11.8 Å². The summed E-state index contributed by atoms with van der Waals surface area (Å²) < 4.78 is 0. The van der Waals surface area contributed by atoms with Crippen LogP contribution < -0.4 is 11.1 Å². The third-order valence-corrected chi connectivity index (χ3v) is 3.10. The van der Waals surface area contributed by atoms with Crippen LogP contribution >= 0.6 is 0 Å². The standard InChI is InChI=1S/C18H18N2O/c1-14(20-18(21)16-9-3-2-4-10-16)17-11-5-7-15(13-17)8-6-12-19/h2-5,7,9-11,13-14H,12,19H2,1H3,(H,20,21). The monoisotopic (exact) mass is 278 g/mol. The maximum Gasteiger partial charge on any atom is 0.251 e. The lowest BCUT2D eigenvalue weighted by Crippen LogP contribution is -2.26. The summed E-state index contributed by atoms with van der Waals surface area (Å²) in [6.07, 6.45) is 0. The molecule has 3 N–H and O–H groups in total. The van der Waals surface area contributed by atoms with E-state index in [-0.39, 0.29) is 11.9 Å². The van der Waals surface area contributed by atoms with Gasteiger partial charge in [0.2, 0.25) is 0 Å². The van der Waals surface area contributed by atoms with Crippen LogP contribution in [0.25, 0.3) is 0 Å². The van der Waals surface area contributed by atoms with Gasteiger partial charge in [-0.25, -0.2) is 0 Å². The first-order chi connectivity index (χ1) is 10.2. The number of carbonyl (C=O) groups excluding carboxylic acids is 1. The Hall–Kier alpha value is -2.57. The lowest BCUT2D eigenvalue weighted by atomic mass is 10.0. The van der Waals surface area contributed by atoms with Gasteiger partial charge >= 0.3 is 0 Å². The van der Waals surface area contributed by atoms with Crippen molar-refractivity contribution in [2.75, 3.05) is 6.54 Å². The first kappa shape index (κ1) is 14.8. The van der Waals surface area contributed by atoms with Crippen molar-refractivity contribution in [2.45, 2.75) is 13.0 Å². The summed E-state index contributed by atoms with van der Waals surface area (Å²) in [6.45, 7) is 2.29. The Bertz CT molecular complexity index is 668. The first-order valence-electron chi connectivity index (χ1n) is 6.85. The Balaban J connectivity index is 2.10. The van der Waals surface area contributed by atoms with Crippen molar-refractivity contribution >= 4 is 5.91 Å². The molecule has 0 bridgehead atoms. The second-order valence-corrected chi connectivity index (χ2v) is 4.69. The van der Waals surface area contributed by atoms with Crippen molar-refractivity contribution < 1.29 is 4.79 Å². The van der Waals surface area contributed by atoms with Gasteiger partial charge in [-0.1, -0.05) is 42.2 Å². The van der Waals surface area contributed by atoms with Crippen LogP contribution in [0.1, 0.15) is 34.5 Å². The lowest BCUT2D eigenvalue weighted by molar-refractivity contribution is 0.0940. The SMILES string of the molecule is CC(NC(=O)c1ccccc1)c1cccc(C#CCN)c1. The fraction of sp³-hybridized carbons (Fsp3) is 0.167. The van der Waals surface area contributed by atoms with Gasteiger partial charge in [0.15, 0.2) is 0 Å². The molecule has 0 fully saturated rings. The Labute approximate surface area is 125 Å². The summed E-state index contributed by atoms with van der Waals surface area (Å²) in [7, 11) is 0. The number of amides is 1. The number of rotatable bonds is 3. The number of benzene rings is 2. The van der Waals surface area contributed by atoms with Crippen LogP contribution in [0.15, 0.2) is 54.6 Å². The Morgan fingerprint density at radius 1 is 1.19 bits per heavy atom. The highest BCUT2D eigenvalue weighted by atomic mass is 16.1. The van der Waals surface area contributed by atoms with E-state index in [9.17, 15) is 4.79 Å². The summed E-state index contributed by atoms with van der Waals surface area (Å²) in [5.74, 6) is 5.74. The van der Waals surface area contributed by atoms with Gasteiger partial charge in [-0.05, 0) is 36.8 Å². The molecule has 2 aromatic carbocycles. The summed E-state index contributed by atoms with van der Waals surface area (Å²) in [5, 5.41) is 2.98. The Morgan fingerprint density at radius 2 is 1.95 bits per heavy atom. The smallest absolute Gasteiger partial charge is 0.251 e. The van der Waals surface area contributed by atoms with Crippen LogP contribution in [-0.4, -0.2) is 12.5 Å². The molecule has 0 aliphatic rings. The van der Waals surface area contributed by atoms with Crippen molar-refractivity contribution in [3.63, 3.8) is 0 Å². The molecule has 1 atom stereocenters. The molecule has 106 valence electrons. The van der Waals surface area contributed by atoms with Gasteiger partial charge in [0, 0.05) is 11.1 Å². The van der Waals surface area contributed by atoms with E-state index in [4.69, 9.17) is 5.73 Å². The Kier molecular flexibility index (Phi) is 5.14. The van der Waals surface area contributed by atoms with Gasteiger partial charge in [0.05, 0.1) is 12.6 Å². The lowest BCUT2D eigenvalue weighted by Gasteiger charge is -2.14. The highest BCUT2D eigenvalue weighted by Crippen LogP contribution is 2.14. The maximum absolute atomic E-state index is 12.1. The third kappa shape index (κ3) is 4.20. The highest BCUT2D eigenvalue weighted by Gasteiger charge is 2.11. The summed E-state index contributed by atoms with van der Waals surface area (Å²) >= 11 is 0. The number of nitrogens with two attached hydrogens (primary N) is 1. The zero-order valence-corrected chi connectivity index (χ0v) is 12.0. The molecule has 2 aromatic rings. The summed E-state index contributed by atoms with van der Waals surface area (Å²) in [5.41, 5.74) is 7.95. The summed E-state index contributed by atoms with van der Waals surface area (Å²) in [4.78, 5) is 12.1. The van der Waals surface area contributed by atoms with Crippen molar-refractivity contribution in [3.05, 3.63) is 71.3 Å². The molecule has 0 aliphatic carbocycles. The van der Waals surface area contributed by atoms with E-state index >= 15 is 0 Å². The molecule has 0 aliphatic heterocycles. The third-order valence-electron chi connectivity index (χ3n) is 3.10. The molecule has 1 amide bonds. The fourth-order valence-electron chi connectivity index (χ4n) is 1.99. The average molecular weight is 278 g/mol. The van der Waals surface area contributed by atoms with Crippen LogP contribution in [0.2, 0.25) is 0 Å². The maximum atomic E-state index is 12.1. The quantitative estimate of drug-likeness (QED) is 0.848. The Morgan fingerprint density at radius 3 is 2.67 bits per heavy atom. The minimum absolute atomic E-state index is 0.0819. The second-order valence-electron chi connectivity index (χ2n) is 4.69. The molecule has 21 heavy (non-hydrogen) atoms.